The van der Waals surface area contributed by atoms with Gasteiger partial charge in [-0.2, -0.15) is 0 Å². The molecule has 130 valence electrons. The first-order valence-electron chi connectivity index (χ1n) is 8.70. The zero-order chi connectivity index (χ0) is 17.2. The molecule has 4 heteroatoms. The van der Waals surface area contributed by atoms with Crippen molar-refractivity contribution in [3.05, 3.63) is 42.0 Å². The quantitative estimate of drug-likeness (QED) is 0.886. The average molecular weight is 328 g/mol. The topological polar surface area (TPSA) is 44.7 Å². The van der Waals surface area contributed by atoms with Crippen LogP contribution >= 0.6 is 0 Å². The van der Waals surface area contributed by atoms with Crippen LogP contribution < -0.4 is 10.1 Å². The number of nitrogens with one attached hydrogen (secondary N) is 1. The van der Waals surface area contributed by atoms with E-state index in [0.717, 1.165) is 31.9 Å². The standard InChI is InChI=1S/C20H28N2O2/c1-20(2,14-23)19(22-12-10-21-11-13-22)18-16-7-5-4-6-15(16)8-9-17(18)24-3/h4-9,19,21,23H,10-14H2,1-3H3/t19-/m1/s1. The summed E-state index contributed by atoms with van der Waals surface area (Å²) >= 11 is 0. The number of aliphatic hydroxyl groups excluding tert-OH is 1. The lowest BCUT2D eigenvalue weighted by Gasteiger charge is -2.44. The van der Waals surface area contributed by atoms with E-state index >= 15 is 0 Å². The summed E-state index contributed by atoms with van der Waals surface area (Å²) in [5.74, 6) is 0.902. The van der Waals surface area contributed by atoms with Crippen molar-refractivity contribution in [2.45, 2.75) is 19.9 Å². The fourth-order valence-electron chi connectivity index (χ4n) is 3.83. The Hall–Kier alpha value is -1.62. The Morgan fingerprint density at radius 2 is 1.88 bits per heavy atom. The van der Waals surface area contributed by atoms with E-state index in [1.807, 2.05) is 0 Å². The molecule has 2 aromatic carbocycles. The Balaban J connectivity index is 2.21. The first-order chi connectivity index (χ1) is 11.6. The summed E-state index contributed by atoms with van der Waals surface area (Å²) in [5.41, 5.74) is 0.922. The smallest absolute Gasteiger partial charge is 0.124 e. The van der Waals surface area contributed by atoms with Gasteiger partial charge in [0.05, 0.1) is 7.11 Å². The van der Waals surface area contributed by atoms with E-state index in [4.69, 9.17) is 4.74 Å². The summed E-state index contributed by atoms with van der Waals surface area (Å²) in [6.07, 6.45) is 0. The van der Waals surface area contributed by atoms with E-state index in [2.05, 4.69) is 60.5 Å². The van der Waals surface area contributed by atoms with Crippen molar-refractivity contribution in [2.75, 3.05) is 39.9 Å². The summed E-state index contributed by atoms with van der Waals surface area (Å²) in [5, 5.41) is 16.0. The molecule has 0 saturated carbocycles. The maximum atomic E-state index is 10.1. The normalized spacial score (nSPS) is 17.8. The lowest BCUT2D eigenvalue weighted by Crippen LogP contribution is -2.49. The van der Waals surface area contributed by atoms with Gasteiger partial charge in [0.25, 0.3) is 0 Å². The first-order valence-corrected chi connectivity index (χ1v) is 8.70. The van der Waals surface area contributed by atoms with Gasteiger partial charge in [-0.15, -0.1) is 0 Å². The number of hydrogen-bond donors (Lipinski definition) is 2. The molecule has 1 fully saturated rings. The molecule has 24 heavy (non-hydrogen) atoms. The molecule has 0 bridgehead atoms. The van der Waals surface area contributed by atoms with Crippen LogP contribution in [-0.2, 0) is 0 Å². The molecule has 1 atom stereocenters. The zero-order valence-electron chi connectivity index (χ0n) is 14.9. The van der Waals surface area contributed by atoms with Gasteiger partial charge in [0.1, 0.15) is 5.75 Å². The third kappa shape index (κ3) is 3.14. The molecule has 3 rings (SSSR count). The van der Waals surface area contributed by atoms with Crippen LogP contribution in [0, 0.1) is 5.41 Å². The number of fused-ring (bicyclic) bond motifs is 1. The Labute approximate surface area is 144 Å². The Morgan fingerprint density at radius 1 is 1.17 bits per heavy atom. The van der Waals surface area contributed by atoms with E-state index in [0.29, 0.717) is 0 Å². The molecule has 4 nitrogen and oxygen atoms in total. The molecule has 2 N–H and O–H groups in total. The first kappa shape index (κ1) is 17.2. The van der Waals surface area contributed by atoms with E-state index in [1.54, 1.807) is 7.11 Å². The van der Waals surface area contributed by atoms with Crippen molar-refractivity contribution >= 4 is 10.8 Å². The number of ether oxygens (including phenoxy) is 1. The van der Waals surface area contributed by atoms with Crippen molar-refractivity contribution in [3.63, 3.8) is 0 Å². The molecule has 1 aliphatic rings. The molecule has 0 aromatic heterocycles. The highest BCUT2D eigenvalue weighted by molar-refractivity contribution is 5.88. The van der Waals surface area contributed by atoms with Gasteiger partial charge in [0.2, 0.25) is 0 Å². The van der Waals surface area contributed by atoms with Gasteiger partial charge in [-0.3, -0.25) is 4.90 Å². The Morgan fingerprint density at radius 3 is 2.54 bits per heavy atom. The van der Waals surface area contributed by atoms with E-state index in [9.17, 15) is 5.11 Å². The lowest BCUT2D eigenvalue weighted by atomic mass is 9.78. The number of piperazine rings is 1. The summed E-state index contributed by atoms with van der Waals surface area (Å²) in [6, 6.07) is 12.7. The Bertz CT molecular complexity index is 693. The minimum atomic E-state index is -0.269. The van der Waals surface area contributed by atoms with Gasteiger partial charge in [-0.25, -0.2) is 0 Å². The van der Waals surface area contributed by atoms with Gasteiger partial charge in [-0.1, -0.05) is 44.2 Å². The van der Waals surface area contributed by atoms with Crippen LogP contribution in [0.3, 0.4) is 0 Å². The summed E-state index contributed by atoms with van der Waals surface area (Å²) in [6.45, 7) is 8.31. The summed E-state index contributed by atoms with van der Waals surface area (Å²) in [4.78, 5) is 2.48. The van der Waals surface area contributed by atoms with Gasteiger partial charge >= 0.3 is 0 Å². The predicted molar refractivity (Wildman–Crippen MR) is 98.6 cm³/mol. The monoisotopic (exact) mass is 328 g/mol. The maximum Gasteiger partial charge on any atom is 0.124 e. The number of methoxy groups -OCH3 is 1. The number of aliphatic hydroxyl groups is 1. The molecule has 1 aliphatic heterocycles. The minimum Gasteiger partial charge on any atom is -0.496 e. The summed E-state index contributed by atoms with van der Waals surface area (Å²) < 4.78 is 5.74. The number of benzene rings is 2. The second-order valence-electron chi connectivity index (χ2n) is 7.24. The molecule has 1 heterocycles. The lowest BCUT2D eigenvalue weighted by molar-refractivity contribution is 0.0301. The third-order valence-corrected chi connectivity index (χ3v) is 5.09. The van der Waals surface area contributed by atoms with Crippen LogP contribution in [-0.4, -0.2) is 49.9 Å². The summed E-state index contributed by atoms with van der Waals surface area (Å²) in [7, 11) is 1.73. The third-order valence-electron chi connectivity index (χ3n) is 5.09. The maximum absolute atomic E-state index is 10.1. The predicted octanol–water partition coefficient (Wildman–Crippen LogP) is 2.81. The van der Waals surface area contributed by atoms with Crippen molar-refractivity contribution < 1.29 is 9.84 Å². The van der Waals surface area contributed by atoms with Crippen LogP contribution in [0.25, 0.3) is 10.8 Å². The molecule has 1 saturated heterocycles. The number of hydrogen-bond acceptors (Lipinski definition) is 4. The number of rotatable bonds is 5. The van der Waals surface area contributed by atoms with Crippen LogP contribution in [0.1, 0.15) is 25.5 Å². The largest absolute Gasteiger partial charge is 0.496 e. The fraction of sp³-hybridized carbons (Fsp3) is 0.500. The van der Waals surface area contributed by atoms with Crippen LogP contribution in [0.15, 0.2) is 36.4 Å². The number of nitrogens with zero attached hydrogens (tertiary/aromatic N) is 1. The minimum absolute atomic E-state index is 0.102. The van der Waals surface area contributed by atoms with E-state index < -0.39 is 0 Å². The van der Waals surface area contributed by atoms with Gasteiger partial charge in [0.15, 0.2) is 0 Å². The molecular formula is C20H28N2O2. The molecular weight excluding hydrogens is 300 g/mol. The van der Waals surface area contributed by atoms with Gasteiger partial charge in [-0.05, 0) is 16.8 Å². The van der Waals surface area contributed by atoms with Gasteiger partial charge < -0.3 is 15.2 Å². The molecule has 0 radical (unpaired) electrons. The molecule has 0 amide bonds. The molecule has 0 aliphatic carbocycles. The van der Waals surface area contributed by atoms with Crippen LogP contribution in [0.5, 0.6) is 5.75 Å². The molecule has 0 unspecified atom stereocenters. The van der Waals surface area contributed by atoms with Crippen LogP contribution in [0.2, 0.25) is 0 Å². The second kappa shape index (κ2) is 7.09. The van der Waals surface area contributed by atoms with E-state index in [-0.39, 0.29) is 18.1 Å². The Kier molecular flexibility index (Phi) is 5.09. The zero-order valence-corrected chi connectivity index (χ0v) is 14.9. The highest BCUT2D eigenvalue weighted by Crippen LogP contribution is 2.45. The van der Waals surface area contributed by atoms with Crippen molar-refractivity contribution in [1.29, 1.82) is 0 Å². The van der Waals surface area contributed by atoms with Gasteiger partial charge in [0, 0.05) is 49.8 Å². The molecule has 2 aromatic rings. The van der Waals surface area contributed by atoms with Crippen molar-refractivity contribution in [2.24, 2.45) is 5.41 Å². The fourth-order valence-corrected chi connectivity index (χ4v) is 3.83. The van der Waals surface area contributed by atoms with Crippen LogP contribution in [0.4, 0.5) is 0 Å². The van der Waals surface area contributed by atoms with E-state index in [1.165, 1.54) is 16.3 Å². The average Bonchev–Trinajstić information content (AvgIpc) is 2.63. The highest BCUT2D eigenvalue weighted by atomic mass is 16.5. The van der Waals surface area contributed by atoms with Crippen molar-refractivity contribution in [3.8, 4) is 5.75 Å². The van der Waals surface area contributed by atoms with Crippen molar-refractivity contribution in [1.82, 2.24) is 10.2 Å². The second-order valence-corrected chi connectivity index (χ2v) is 7.24. The molecule has 0 spiro atoms. The SMILES string of the molecule is COc1ccc2ccccc2c1[C@@H](N1CCNCC1)C(C)(C)CO. The highest BCUT2D eigenvalue weighted by Gasteiger charge is 2.38.